The number of phenols is 1. The molecule has 0 bridgehead atoms. The number of ether oxygens (including phenoxy) is 2. The number of aryl methyl sites for hydroxylation is 1. The number of rotatable bonds is 17. The fourth-order valence-corrected chi connectivity index (χ4v) is 8.91. The molecule has 0 amide bonds. The van der Waals surface area contributed by atoms with Crippen LogP contribution in [0.2, 0.25) is 0 Å². The van der Waals surface area contributed by atoms with Gasteiger partial charge in [-0.05, 0) is 98.1 Å². The highest BCUT2D eigenvalue weighted by molar-refractivity contribution is 8.00. The Hall–Kier alpha value is -2.85. The third kappa shape index (κ3) is 7.43. The van der Waals surface area contributed by atoms with Gasteiger partial charge in [0.15, 0.2) is 0 Å². The average Bonchev–Trinajstić information content (AvgIpc) is 3.05. The number of aliphatic hydroxyl groups excluding tert-OH is 2. The number of oxime groups is 1. The van der Waals surface area contributed by atoms with Gasteiger partial charge in [0, 0.05) is 43.5 Å². The molecule has 0 spiro atoms. The minimum Gasteiger partial charge on any atom is -0.508 e. The first-order chi connectivity index (χ1) is 22.1. The molecule has 3 aliphatic rings. The van der Waals surface area contributed by atoms with Crippen molar-refractivity contribution in [3.8, 4) is 11.5 Å². The molecule has 1 aromatic heterocycles. The summed E-state index contributed by atoms with van der Waals surface area (Å²) in [5.41, 5.74) is 4.25. The lowest BCUT2D eigenvalue weighted by Crippen LogP contribution is -2.64. The molecular weight excluding hydrogens is 588 g/mol. The number of hydrogen-bond donors (Lipinski definition) is 3. The van der Waals surface area contributed by atoms with Gasteiger partial charge in [0.05, 0.1) is 23.5 Å². The lowest BCUT2D eigenvalue weighted by atomic mass is 9.56. The van der Waals surface area contributed by atoms with Crippen LogP contribution in [0.4, 0.5) is 0 Å². The van der Waals surface area contributed by atoms with Crippen LogP contribution in [0.5, 0.6) is 11.5 Å². The quantitative estimate of drug-likeness (QED) is 0.104. The van der Waals surface area contributed by atoms with Gasteiger partial charge in [-0.2, -0.15) is 11.8 Å². The predicted octanol–water partition coefficient (Wildman–Crippen LogP) is 6.42. The summed E-state index contributed by atoms with van der Waals surface area (Å²) < 4.78 is 14.0. The molecule has 5 rings (SSSR count). The predicted molar refractivity (Wildman–Crippen MR) is 179 cm³/mol. The molecule has 0 unspecified atom stereocenters. The summed E-state index contributed by atoms with van der Waals surface area (Å²) in [4.78, 5) is 9.91. The van der Waals surface area contributed by atoms with Gasteiger partial charge in [-0.1, -0.05) is 30.1 Å². The van der Waals surface area contributed by atoms with Crippen molar-refractivity contribution in [1.29, 1.82) is 0 Å². The van der Waals surface area contributed by atoms with E-state index in [-0.39, 0.29) is 47.9 Å². The number of phenolic OH excluding ortho intramolecular Hbond substituents is 1. The van der Waals surface area contributed by atoms with E-state index in [0.717, 1.165) is 73.3 Å². The summed E-state index contributed by atoms with van der Waals surface area (Å²) in [6.07, 6.45) is 14.5. The minimum absolute atomic E-state index is 0.0149. The van der Waals surface area contributed by atoms with E-state index in [2.05, 4.69) is 29.8 Å². The molecule has 1 aliphatic heterocycles. The van der Waals surface area contributed by atoms with Crippen molar-refractivity contribution in [2.24, 2.45) is 22.9 Å². The highest BCUT2D eigenvalue weighted by Crippen LogP contribution is 2.62. The number of allylic oxidation sites excluding steroid dienone is 1. The molecule has 3 N–H and O–H groups in total. The van der Waals surface area contributed by atoms with E-state index in [0.29, 0.717) is 19.6 Å². The van der Waals surface area contributed by atoms with E-state index in [9.17, 15) is 15.3 Å². The summed E-state index contributed by atoms with van der Waals surface area (Å²) in [6, 6.07) is 9.55. The van der Waals surface area contributed by atoms with Crippen molar-refractivity contribution >= 4 is 17.5 Å². The Kier molecular flexibility index (Phi) is 12.0. The van der Waals surface area contributed by atoms with Gasteiger partial charge >= 0.3 is 0 Å². The highest BCUT2D eigenvalue weighted by Gasteiger charge is 2.63. The lowest BCUT2D eigenvalue weighted by molar-refractivity contribution is -0.223. The van der Waals surface area contributed by atoms with Gasteiger partial charge in [-0.15, -0.1) is 6.58 Å². The minimum atomic E-state index is -0.992. The third-order valence-corrected chi connectivity index (χ3v) is 10.7. The molecule has 0 saturated heterocycles. The summed E-state index contributed by atoms with van der Waals surface area (Å²) in [7, 11) is 0. The number of unbranched alkanes of at least 4 members (excludes halogenated alkanes) is 2. The topological polar surface area (TPSA) is 114 Å². The first kappa shape index (κ1) is 33.5. The van der Waals surface area contributed by atoms with E-state index >= 15 is 0 Å². The standard InChI is InChI=1S/C36H48N2O6S/c1-3-20-42-36-33(45-21-15-25-13-16-37-17-14-25)24-31(38-43-4-2)29-22-26(9-5-7-18-39)28(10-6-8-19-40)34(35(29)36)30-23-27(41)11-12-32(30)44-36/h3,11-14,16-17,22-23,26,28,33-35,39-41H,1,4-10,15,18-21,24H2,2H3/t26-,28+,33-,34+,35+,36+/m0/s1. The number of hydrogen-bond acceptors (Lipinski definition) is 9. The molecule has 6 atom stereocenters. The number of nitrogens with zero attached hydrogens (tertiary/aromatic N) is 2. The zero-order chi connectivity index (χ0) is 31.6. The van der Waals surface area contributed by atoms with Gasteiger partial charge in [0.1, 0.15) is 18.1 Å². The summed E-state index contributed by atoms with van der Waals surface area (Å²) in [5.74, 6) is 1.06. The van der Waals surface area contributed by atoms with E-state index in [1.807, 2.05) is 43.2 Å². The van der Waals surface area contributed by atoms with Crippen LogP contribution in [0.25, 0.3) is 0 Å². The maximum Gasteiger partial charge on any atom is 0.230 e. The van der Waals surface area contributed by atoms with Gasteiger partial charge in [-0.3, -0.25) is 4.98 Å². The molecule has 1 aromatic carbocycles. The Morgan fingerprint density at radius 2 is 1.89 bits per heavy atom. The van der Waals surface area contributed by atoms with Crippen molar-refractivity contribution < 1.29 is 29.6 Å². The van der Waals surface area contributed by atoms with Crippen molar-refractivity contribution in [2.45, 2.75) is 75.2 Å². The Balaban J connectivity index is 1.64. The second-order valence-electron chi connectivity index (χ2n) is 12.2. The van der Waals surface area contributed by atoms with E-state index in [1.54, 1.807) is 12.1 Å². The second-order valence-corrected chi connectivity index (χ2v) is 13.5. The van der Waals surface area contributed by atoms with Crippen LogP contribution in [0, 0.1) is 17.8 Å². The van der Waals surface area contributed by atoms with Crippen LogP contribution < -0.4 is 4.74 Å². The molecule has 1 fully saturated rings. The molecule has 2 aromatic rings. The fraction of sp³-hybridized carbons (Fsp3) is 0.556. The number of thioether (sulfide) groups is 1. The van der Waals surface area contributed by atoms with Gasteiger partial charge in [0.2, 0.25) is 5.79 Å². The number of aromatic hydroxyl groups is 1. The van der Waals surface area contributed by atoms with Crippen LogP contribution in [-0.2, 0) is 16.0 Å². The zero-order valence-electron chi connectivity index (χ0n) is 26.4. The van der Waals surface area contributed by atoms with E-state index < -0.39 is 5.79 Å². The van der Waals surface area contributed by atoms with Crippen LogP contribution in [-0.4, -0.2) is 69.2 Å². The molecule has 9 heteroatoms. The van der Waals surface area contributed by atoms with Crippen molar-refractivity contribution in [2.75, 3.05) is 32.2 Å². The van der Waals surface area contributed by atoms with Crippen molar-refractivity contribution in [3.63, 3.8) is 0 Å². The highest BCUT2D eigenvalue weighted by atomic mass is 32.2. The summed E-state index contributed by atoms with van der Waals surface area (Å²) in [6.45, 7) is 7.06. The Bertz CT molecular complexity index is 1320. The first-order valence-corrected chi connectivity index (χ1v) is 17.5. The van der Waals surface area contributed by atoms with Crippen LogP contribution in [0.15, 0.2) is 72.2 Å². The number of benzene rings is 1. The van der Waals surface area contributed by atoms with Crippen LogP contribution in [0.3, 0.4) is 0 Å². The molecule has 2 heterocycles. The molecule has 2 aliphatic carbocycles. The smallest absolute Gasteiger partial charge is 0.230 e. The maximum absolute atomic E-state index is 10.7. The molecule has 0 radical (unpaired) electrons. The average molecular weight is 637 g/mol. The Morgan fingerprint density at radius 3 is 2.62 bits per heavy atom. The van der Waals surface area contributed by atoms with Gasteiger partial charge in [0.25, 0.3) is 0 Å². The number of fused-ring (bicyclic) bond motifs is 2. The molecule has 8 nitrogen and oxygen atoms in total. The zero-order valence-corrected chi connectivity index (χ0v) is 27.2. The monoisotopic (exact) mass is 636 g/mol. The molecular formula is C36H48N2O6S. The number of aliphatic hydroxyl groups is 2. The number of pyridine rings is 1. The van der Waals surface area contributed by atoms with E-state index in [1.165, 1.54) is 5.56 Å². The fourth-order valence-electron chi connectivity index (χ4n) is 7.50. The van der Waals surface area contributed by atoms with Crippen LogP contribution >= 0.6 is 11.8 Å². The maximum atomic E-state index is 10.7. The molecule has 244 valence electrons. The van der Waals surface area contributed by atoms with Crippen molar-refractivity contribution in [1.82, 2.24) is 4.98 Å². The summed E-state index contributed by atoms with van der Waals surface area (Å²) >= 11 is 1.84. The third-order valence-electron chi connectivity index (χ3n) is 9.40. The Morgan fingerprint density at radius 1 is 1.11 bits per heavy atom. The normalized spacial score (nSPS) is 27.7. The molecule has 45 heavy (non-hydrogen) atoms. The summed E-state index contributed by atoms with van der Waals surface area (Å²) in [5, 5.41) is 34.7. The van der Waals surface area contributed by atoms with E-state index in [4.69, 9.17) is 19.5 Å². The SMILES string of the molecule is C=CCO[C@@]12Oc3ccc(O)cc3[C@H]3[C@H](CCCCO)[C@@H](CCCCO)C=C(C(=NOCC)C[C@@H]1SCCc1ccncc1)[C@H]32. The van der Waals surface area contributed by atoms with Gasteiger partial charge < -0.3 is 29.6 Å². The largest absolute Gasteiger partial charge is 0.508 e. The lowest BCUT2D eigenvalue weighted by Gasteiger charge is -2.58. The number of aromatic nitrogens is 1. The van der Waals surface area contributed by atoms with Crippen LogP contribution in [0.1, 0.15) is 68.9 Å². The first-order valence-electron chi connectivity index (χ1n) is 16.5. The van der Waals surface area contributed by atoms with Gasteiger partial charge in [-0.25, -0.2) is 0 Å². The second kappa shape index (κ2) is 16.1. The van der Waals surface area contributed by atoms with Crippen molar-refractivity contribution in [3.05, 3.63) is 78.2 Å². The Labute approximate surface area is 271 Å². The molecule has 1 saturated carbocycles.